The van der Waals surface area contributed by atoms with E-state index in [-0.39, 0.29) is 59.1 Å². The number of fused-ring (bicyclic) bond motifs is 1. The molecule has 1 aliphatic rings. The summed E-state index contributed by atoms with van der Waals surface area (Å²) >= 11 is 0. The third kappa shape index (κ3) is 6.14. The molecule has 212 valence electrons. The van der Waals surface area contributed by atoms with Gasteiger partial charge in [0.1, 0.15) is 11.8 Å². The standard InChI is InChI=1S/C28H33N5O6S/c1-18-8-10-21(11-9-18)40(37,38)32(4)16-25-19(2)15-33(20(3)17-34)28(36)22-6-5-7-23(26(22)39-25)31-27(35)24-14-29-12-13-30-24/h5-14,19-20,25,34H,15-17H2,1-4H3,(H,31,35)/t19-,20-,25+/m0/s1. The number of aliphatic hydroxyl groups excluding tert-OH is 1. The van der Waals surface area contributed by atoms with Gasteiger partial charge in [-0.25, -0.2) is 13.4 Å². The molecule has 2 heterocycles. The van der Waals surface area contributed by atoms with Gasteiger partial charge < -0.3 is 20.1 Å². The highest BCUT2D eigenvalue weighted by molar-refractivity contribution is 7.89. The van der Waals surface area contributed by atoms with Gasteiger partial charge in [-0.1, -0.05) is 30.7 Å². The number of sulfonamides is 1. The molecule has 2 N–H and O–H groups in total. The number of anilines is 1. The Morgan fingerprint density at radius 3 is 2.60 bits per heavy atom. The van der Waals surface area contributed by atoms with Gasteiger partial charge in [0.2, 0.25) is 10.0 Å². The summed E-state index contributed by atoms with van der Waals surface area (Å²) in [6, 6.07) is 10.9. The summed E-state index contributed by atoms with van der Waals surface area (Å²) in [5, 5.41) is 12.6. The smallest absolute Gasteiger partial charge is 0.275 e. The second kappa shape index (κ2) is 12.1. The number of benzene rings is 2. The van der Waals surface area contributed by atoms with Gasteiger partial charge in [-0.2, -0.15) is 4.31 Å². The Morgan fingerprint density at radius 1 is 1.23 bits per heavy atom. The number of ether oxygens (including phenoxy) is 1. The predicted molar refractivity (Wildman–Crippen MR) is 149 cm³/mol. The number of amides is 2. The van der Waals surface area contributed by atoms with Crippen LogP contribution in [0, 0.1) is 12.8 Å². The Balaban J connectivity index is 1.72. The number of nitrogens with zero attached hydrogens (tertiary/aromatic N) is 4. The molecule has 0 saturated heterocycles. The Morgan fingerprint density at radius 2 is 1.95 bits per heavy atom. The second-order valence-electron chi connectivity index (χ2n) is 9.95. The van der Waals surface area contributed by atoms with Crippen molar-refractivity contribution in [2.75, 3.05) is 32.1 Å². The summed E-state index contributed by atoms with van der Waals surface area (Å²) in [5.74, 6) is -1.16. The van der Waals surface area contributed by atoms with Crippen molar-refractivity contribution >= 4 is 27.5 Å². The number of carbonyl (C=O) groups is 2. The van der Waals surface area contributed by atoms with Crippen molar-refractivity contribution < 1.29 is 27.9 Å². The lowest BCUT2D eigenvalue weighted by molar-refractivity contribution is 0.0388. The summed E-state index contributed by atoms with van der Waals surface area (Å²) in [7, 11) is -2.36. The lowest BCUT2D eigenvalue weighted by Crippen LogP contribution is -2.50. The quantitative estimate of drug-likeness (QED) is 0.423. The number of likely N-dealkylation sites (N-methyl/N-ethyl adjacent to an activating group) is 1. The van der Waals surface area contributed by atoms with Crippen molar-refractivity contribution in [2.24, 2.45) is 5.92 Å². The third-order valence-electron chi connectivity index (χ3n) is 6.90. The first-order valence-corrected chi connectivity index (χ1v) is 14.3. The Labute approximate surface area is 233 Å². The van der Waals surface area contributed by atoms with Crippen LogP contribution in [0.5, 0.6) is 5.75 Å². The van der Waals surface area contributed by atoms with E-state index in [4.69, 9.17) is 4.74 Å². The molecule has 1 aromatic heterocycles. The number of carbonyl (C=O) groups excluding carboxylic acids is 2. The largest absolute Gasteiger partial charge is 0.486 e. The molecule has 0 spiro atoms. The number of aromatic nitrogens is 2. The summed E-state index contributed by atoms with van der Waals surface area (Å²) in [4.78, 5) is 36.2. The lowest BCUT2D eigenvalue weighted by Gasteiger charge is -2.38. The summed E-state index contributed by atoms with van der Waals surface area (Å²) in [5.41, 5.74) is 1.41. The third-order valence-corrected chi connectivity index (χ3v) is 8.74. The van der Waals surface area contributed by atoms with Crippen molar-refractivity contribution in [2.45, 2.75) is 37.8 Å². The van der Waals surface area contributed by atoms with Gasteiger partial charge in [-0.15, -0.1) is 0 Å². The van der Waals surface area contributed by atoms with E-state index in [0.717, 1.165) is 5.56 Å². The molecule has 2 amide bonds. The number of aliphatic hydroxyl groups is 1. The highest BCUT2D eigenvalue weighted by atomic mass is 32.2. The summed E-state index contributed by atoms with van der Waals surface area (Å²) < 4.78 is 34.4. The zero-order valence-electron chi connectivity index (χ0n) is 22.8. The van der Waals surface area contributed by atoms with Crippen LogP contribution in [0.25, 0.3) is 0 Å². The second-order valence-corrected chi connectivity index (χ2v) is 12.0. The topological polar surface area (TPSA) is 142 Å². The molecule has 2 aromatic carbocycles. The first-order chi connectivity index (χ1) is 19.0. The van der Waals surface area contributed by atoms with Crippen LogP contribution >= 0.6 is 0 Å². The average Bonchev–Trinajstić information content (AvgIpc) is 2.95. The fourth-order valence-corrected chi connectivity index (χ4v) is 5.59. The first-order valence-electron chi connectivity index (χ1n) is 12.8. The number of hydrogen-bond donors (Lipinski definition) is 2. The van der Waals surface area contributed by atoms with Crippen LogP contribution in [0.1, 0.15) is 40.3 Å². The molecule has 40 heavy (non-hydrogen) atoms. The Kier molecular flexibility index (Phi) is 8.82. The zero-order chi connectivity index (χ0) is 29.0. The van der Waals surface area contributed by atoms with Crippen molar-refractivity contribution in [3.05, 3.63) is 77.9 Å². The van der Waals surface area contributed by atoms with Crippen molar-refractivity contribution in [3.8, 4) is 5.75 Å². The number of hydrogen-bond acceptors (Lipinski definition) is 8. The normalized spacial score (nSPS) is 18.4. The minimum atomic E-state index is -3.84. The fourth-order valence-electron chi connectivity index (χ4n) is 4.40. The molecular weight excluding hydrogens is 534 g/mol. The maximum Gasteiger partial charge on any atom is 0.275 e. The van der Waals surface area contributed by atoms with E-state index >= 15 is 0 Å². The van der Waals surface area contributed by atoms with Gasteiger partial charge in [0.25, 0.3) is 11.8 Å². The van der Waals surface area contributed by atoms with Gasteiger partial charge in [0.15, 0.2) is 5.75 Å². The molecule has 3 atom stereocenters. The predicted octanol–water partition coefficient (Wildman–Crippen LogP) is 2.58. The van der Waals surface area contributed by atoms with E-state index in [2.05, 4.69) is 15.3 Å². The van der Waals surface area contributed by atoms with Crippen molar-refractivity contribution in [1.29, 1.82) is 0 Å². The van der Waals surface area contributed by atoms with Gasteiger partial charge in [-0.3, -0.25) is 14.6 Å². The van der Waals surface area contributed by atoms with Crippen LogP contribution in [0.4, 0.5) is 5.69 Å². The molecule has 0 aliphatic carbocycles. The number of nitrogens with one attached hydrogen (secondary N) is 1. The molecule has 0 unspecified atom stereocenters. The van der Waals surface area contributed by atoms with Crippen LogP contribution in [0.2, 0.25) is 0 Å². The Hall–Kier alpha value is -3.87. The average molecular weight is 568 g/mol. The molecule has 11 nitrogen and oxygen atoms in total. The lowest BCUT2D eigenvalue weighted by atomic mass is 9.99. The Bertz CT molecular complexity index is 1470. The molecule has 0 fully saturated rings. The number of aryl methyl sites for hydroxylation is 1. The molecule has 1 aliphatic heterocycles. The minimum absolute atomic E-state index is 0.0290. The number of rotatable bonds is 8. The van der Waals surface area contributed by atoms with E-state index < -0.39 is 28.1 Å². The van der Waals surface area contributed by atoms with E-state index in [1.807, 2.05) is 13.8 Å². The van der Waals surface area contributed by atoms with Crippen molar-refractivity contribution in [1.82, 2.24) is 19.2 Å². The molecule has 0 saturated carbocycles. The molecule has 0 bridgehead atoms. The van der Waals surface area contributed by atoms with Gasteiger partial charge in [0.05, 0.1) is 41.5 Å². The molecule has 4 rings (SSSR count). The summed E-state index contributed by atoms with van der Waals surface area (Å²) in [6.07, 6.45) is 3.44. The van der Waals surface area contributed by atoms with Crippen LogP contribution in [-0.4, -0.2) is 83.4 Å². The van der Waals surface area contributed by atoms with Crippen LogP contribution in [0.3, 0.4) is 0 Å². The van der Waals surface area contributed by atoms with Crippen LogP contribution < -0.4 is 10.1 Å². The van der Waals surface area contributed by atoms with Gasteiger partial charge in [0, 0.05) is 31.9 Å². The zero-order valence-corrected chi connectivity index (χ0v) is 23.6. The molecular formula is C28H33N5O6S. The molecule has 0 radical (unpaired) electrons. The van der Waals surface area contributed by atoms with Crippen molar-refractivity contribution in [3.63, 3.8) is 0 Å². The minimum Gasteiger partial charge on any atom is -0.486 e. The van der Waals surface area contributed by atoms with E-state index in [0.29, 0.717) is 0 Å². The van der Waals surface area contributed by atoms with Crippen LogP contribution in [-0.2, 0) is 10.0 Å². The van der Waals surface area contributed by atoms with E-state index in [1.165, 1.54) is 29.9 Å². The highest BCUT2D eigenvalue weighted by Gasteiger charge is 2.36. The maximum absolute atomic E-state index is 13.6. The SMILES string of the molecule is Cc1ccc(S(=O)(=O)N(C)C[C@H]2Oc3c(NC(=O)c4cnccn4)cccc3C(=O)N([C@@H](C)CO)C[C@@H]2C)cc1. The van der Waals surface area contributed by atoms with Crippen LogP contribution in [0.15, 0.2) is 66.0 Å². The van der Waals surface area contributed by atoms with E-state index in [1.54, 1.807) is 54.3 Å². The fraction of sp³-hybridized carbons (Fsp3) is 0.357. The maximum atomic E-state index is 13.6. The monoisotopic (exact) mass is 567 g/mol. The highest BCUT2D eigenvalue weighted by Crippen LogP contribution is 2.35. The molecule has 12 heteroatoms. The van der Waals surface area contributed by atoms with Gasteiger partial charge >= 0.3 is 0 Å². The van der Waals surface area contributed by atoms with Gasteiger partial charge in [-0.05, 0) is 38.1 Å². The number of para-hydroxylation sites is 1. The first kappa shape index (κ1) is 29.1. The summed E-state index contributed by atoms with van der Waals surface area (Å²) in [6.45, 7) is 5.40. The van der Waals surface area contributed by atoms with E-state index in [9.17, 15) is 23.1 Å². The molecule has 3 aromatic rings.